The number of halogens is 1. The van der Waals surface area contributed by atoms with E-state index in [-0.39, 0.29) is 0 Å². The van der Waals surface area contributed by atoms with Gasteiger partial charge in [0.2, 0.25) is 0 Å². The molecule has 1 unspecified atom stereocenters. The summed E-state index contributed by atoms with van der Waals surface area (Å²) in [6.07, 6.45) is 6.47. The maximum atomic E-state index is 4.20. The Morgan fingerprint density at radius 1 is 1.32 bits per heavy atom. The van der Waals surface area contributed by atoms with Crippen LogP contribution in [0.5, 0.6) is 0 Å². The van der Waals surface area contributed by atoms with Crippen LogP contribution in [0.4, 0.5) is 0 Å². The highest BCUT2D eigenvalue weighted by atomic mass is 79.9. The van der Waals surface area contributed by atoms with Crippen LogP contribution in [-0.2, 0) is 6.54 Å². The van der Waals surface area contributed by atoms with Gasteiger partial charge in [-0.25, -0.2) is 0 Å². The van der Waals surface area contributed by atoms with Crippen LogP contribution in [0.15, 0.2) is 22.9 Å². The minimum Gasteiger partial charge on any atom is -0.311 e. The Balaban J connectivity index is 1.82. The molecule has 0 aliphatic carbocycles. The van der Waals surface area contributed by atoms with E-state index < -0.39 is 0 Å². The Morgan fingerprint density at radius 3 is 2.68 bits per heavy atom. The Hall–Kier alpha value is -0.450. The Labute approximate surface area is 124 Å². The summed E-state index contributed by atoms with van der Waals surface area (Å²) in [4.78, 5) is 6.83. The van der Waals surface area contributed by atoms with Crippen LogP contribution in [0, 0.1) is 5.92 Å². The molecule has 2 rings (SSSR count). The van der Waals surface area contributed by atoms with Gasteiger partial charge in [-0.05, 0) is 59.4 Å². The lowest BCUT2D eigenvalue weighted by Crippen LogP contribution is -2.44. The molecule has 1 aromatic heterocycles. The van der Waals surface area contributed by atoms with Crippen molar-refractivity contribution in [1.82, 2.24) is 15.2 Å². The maximum Gasteiger partial charge on any atom is 0.0410 e. The minimum absolute atomic E-state index is 0.655. The van der Waals surface area contributed by atoms with Crippen molar-refractivity contribution in [3.05, 3.63) is 28.5 Å². The number of aromatic nitrogens is 1. The van der Waals surface area contributed by atoms with E-state index in [1.165, 1.54) is 31.5 Å². The molecule has 4 heteroatoms. The second kappa shape index (κ2) is 7.36. The fraction of sp³-hybridized carbons (Fsp3) is 0.667. The van der Waals surface area contributed by atoms with Crippen LogP contribution < -0.4 is 5.32 Å². The Morgan fingerprint density at radius 2 is 2.05 bits per heavy atom. The molecule has 1 aliphatic heterocycles. The quantitative estimate of drug-likeness (QED) is 0.871. The van der Waals surface area contributed by atoms with Crippen molar-refractivity contribution in [2.24, 2.45) is 5.92 Å². The molecular formula is C15H24BrN3. The van der Waals surface area contributed by atoms with E-state index in [0.717, 1.165) is 17.6 Å². The van der Waals surface area contributed by atoms with Crippen molar-refractivity contribution < 1.29 is 0 Å². The van der Waals surface area contributed by atoms with Gasteiger partial charge in [-0.3, -0.25) is 9.88 Å². The third kappa shape index (κ3) is 4.55. The first-order chi connectivity index (χ1) is 9.16. The molecule has 0 spiro atoms. The molecule has 0 radical (unpaired) electrons. The topological polar surface area (TPSA) is 28.2 Å². The van der Waals surface area contributed by atoms with Crippen LogP contribution in [0.3, 0.4) is 0 Å². The molecule has 1 fully saturated rings. The molecule has 106 valence electrons. The normalized spacial score (nSPS) is 18.1. The second-order valence-corrected chi connectivity index (χ2v) is 6.61. The SMILES string of the molecule is CC(C)C(CNCc1cncc(Br)c1)N1CCCC1. The second-order valence-electron chi connectivity index (χ2n) is 5.70. The van der Waals surface area contributed by atoms with Gasteiger partial charge in [0.15, 0.2) is 0 Å². The van der Waals surface area contributed by atoms with Gasteiger partial charge in [0, 0.05) is 36.0 Å². The predicted octanol–water partition coefficient (Wildman–Crippen LogP) is 3.05. The summed E-state index contributed by atoms with van der Waals surface area (Å²) in [5.74, 6) is 0.700. The fourth-order valence-electron chi connectivity index (χ4n) is 2.78. The lowest BCUT2D eigenvalue weighted by molar-refractivity contribution is 0.186. The van der Waals surface area contributed by atoms with Crippen LogP contribution in [0.2, 0.25) is 0 Å². The standard InChI is InChI=1S/C15H24BrN3/c1-12(2)15(19-5-3-4-6-19)11-18-9-13-7-14(16)10-17-8-13/h7-8,10,12,15,18H,3-6,9,11H2,1-2H3. The number of nitrogens with one attached hydrogen (secondary N) is 1. The number of likely N-dealkylation sites (tertiary alicyclic amines) is 1. The zero-order valence-corrected chi connectivity index (χ0v) is 13.5. The summed E-state index contributed by atoms with van der Waals surface area (Å²) < 4.78 is 1.05. The van der Waals surface area contributed by atoms with Crippen LogP contribution in [-0.4, -0.2) is 35.6 Å². The molecule has 3 nitrogen and oxygen atoms in total. The van der Waals surface area contributed by atoms with Crippen molar-refractivity contribution >= 4 is 15.9 Å². The van der Waals surface area contributed by atoms with E-state index in [0.29, 0.717) is 12.0 Å². The third-order valence-corrected chi connectivity index (χ3v) is 4.26. The molecule has 1 aliphatic rings. The van der Waals surface area contributed by atoms with E-state index in [9.17, 15) is 0 Å². The van der Waals surface area contributed by atoms with Crippen LogP contribution >= 0.6 is 15.9 Å². The van der Waals surface area contributed by atoms with Gasteiger partial charge in [-0.2, -0.15) is 0 Å². The average molecular weight is 326 g/mol. The lowest BCUT2D eigenvalue weighted by Gasteiger charge is -2.31. The average Bonchev–Trinajstić information content (AvgIpc) is 2.88. The molecule has 1 N–H and O–H groups in total. The summed E-state index contributed by atoms with van der Waals surface area (Å²) in [5, 5.41) is 3.58. The molecule has 0 amide bonds. The van der Waals surface area contributed by atoms with Gasteiger partial charge in [-0.15, -0.1) is 0 Å². The fourth-order valence-corrected chi connectivity index (χ4v) is 3.19. The van der Waals surface area contributed by atoms with Crippen molar-refractivity contribution in [2.75, 3.05) is 19.6 Å². The van der Waals surface area contributed by atoms with Gasteiger partial charge in [-0.1, -0.05) is 13.8 Å². The molecule has 1 aromatic rings. The van der Waals surface area contributed by atoms with Crippen LogP contribution in [0.1, 0.15) is 32.3 Å². The molecule has 19 heavy (non-hydrogen) atoms. The van der Waals surface area contributed by atoms with Crippen molar-refractivity contribution in [2.45, 2.75) is 39.3 Å². The zero-order valence-electron chi connectivity index (χ0n) is 11.9. The number of hydrogen-bond acceptors (Lipinski definition) is 3. The highest BCUT2D eigenvalue weighted by molar-refractivity contribution is 9.10. The summed E-state index contributed by atoms with van der Waals surface area (Å²) in [7, 11) is 0. The minimum atomic E-state index is 0.655. The first-order valence-electron chi connectivity index (χ1n) is 7.21. The van der Waals surface area contributed by atoms with E-state index in [4.69, 9.17) is 0 Å². The maximum absolute atomic E-state index is 4.20. The highest BCUT2D eigenvalue weighted by Crippen LogP contribution is 2.17. The van der Waals surface area contributed by atoms with E-state index in [2.05, 4.69) is 51.0 Å². The van der Waals surface area contributed by atoms with E-state index in [1.807, 2.05) is 12.4 Å². The van der Waals surface area contributed by atoms with Gasteiger partial charge < -0.3 is 5.32 Å². The predicted molar refractivity (Wildman–Crippen MR) is 83.1 cm³/mol. The third-order valence-electron chi connectivity index (χ3n) is 3.82. The van der Waals surface area contributed by atoms with Crippen molar-refractivity contribution in [3.63, 3.8) is 0 Å². The van der Waals surface area contributed by atoms with E-state index >= 15 is 0 Å². The molecule has 0 aromatic carbocycles. The molecule has 0 bridgehead atoms. The summed E-state index contributed by atoms with van der Waals surface area (Å²) in [6.45, 7) is 9.14. The number of rotatable bonds is 6. The molecular weight excluding hydrogens is 302 g/mol. The van der Waals surface area contributed by atoms with Crippen molar-refractivity contribution in [1.29, 1.82) is 0 Å². The van der Waals surface area contributed by atoms with Gasteiger partial charge in [0.25, 0.3) is 0 Å². The Bertz CT molecular complexity index is 389. The summed E-state index contributed by atoms with van der Waals surface area (Å²) >= 11 is 3.46. The lowest BCUT2D eigenvalue weighted by atomic mass is 10.0. The highest BCUT2D eigenvalue weighted by Gasteiger charge is 2.23. The van der Waals surface area contributed by atoms with Gasteiger partial charge >= 0.3 is 0 Å². The van der Waals surface area contributed by atoms with Gasteiger partial charge in [0.05, 0.1) is 0 Å². The first kappa shape index (κ1) is 14.9. The molecule has 2 heterocycles. The van der Waals surface area contributed by atoms with E-state index in [1.54, 1.807) is 0 Å². The summed E-state index contributed by atoms with van der Waals surface area (Å²) in [6, 6.07) is 2.78. The molecule has 1 atom stereocenters. The smallest absolute Gasteiger partial charge is 0.0410 e. The molecule has 0 saturated carbocycles. The van der Waals surface area contributed by atoms with Gasteiger partial charge in [0.1, 0.15) is 0 Å². The van der Waals surface area contributed by atoms with Crippen molar-refractivity contribution in [3.8, 4) is 0 Å². The monoisotopic (exact) mass is 325 g/mol. The Kier molecular flexibility index (Phi) is 5.79. The summed E-state index contributed by atoms with van der Waals surface area (Å²) in [5.41, 5.74) is 1.23. The van der Waals surface area contributed by atoms with Crippen LogP contribution in [0.25, 0.3) is 0 Å². The number of hydrogen-bond donors (Lipinski definition) is 1. The number of nitrogens with zero attached hydrogens (tertiary/aromatic N) is 2. The molecule has 1 saturated heterocycles. The zero-order chi connectivity index (χ0) is 13.7. The number of pyridine rings is 1. The first-order valence-corrected chi connectivity index (χ1v) is 8.00. The largest absolute Gasteiger partial charge is 0.311 e.